The van der Waals surface area contributed by atoms with Crippen LogP contribution in [0, 0.1) is 0 Å². The molecule has 2 aliphatic carbocycles. The van der Waals surface area contributed by atoms with Crippen LogP contribution in [0.25, 0.3) is 10.8 Å². The van der Waals surface area contributed by atoms with Crippen LogP contribution in [0.2, 0.25) is 5.02 Å². The highest BCUT2D eigenvalue weighted by Gasteiger charge is 2.32. The van der Waals surface area contributed by atoms with Gasteiger partial charge in [-0.05, 0) is 52.6 Å². The molecule has 0 bridgehead atoms. The quantitative estimate of drug-likeness (QED) is 0.750. The number of hydrogen-bond acceptors (Lipinski definition) is 2. The van der Waals surface area contributed by atoms with Crippen LogP contribution in [-0.4, -0.2) is 11.6 Å². The van der Waals surface area contributed by atoms with E-state index < -0.39 is 0 Å². The Balaban J connectivity index is 1.93. The van der Waals surface area contributed by atoms with E-state index in [1.807, 2.05) is 30.3 Å². The lowest BCUT2D eigenvalue weighted by atomic mass is 9.86. The van der Waals surface area contributed by atoms with Gasteiger partial charge in [-0.3, -0.25) is 9.59 Å². The Labute approximate surface area is 126 Å². The Hall–Kier alpha value is -2.19. The summed E-state index contributed by atoms with van der Waals surface area (Å²) >= 11 is 6.32. The van der Waals surface area contributed by atoms with Crippen molar-refractivity contribution in [3.05, 3.63) is 70.3 Å². The second kappa shape index (κ2) is 4.40. The molecule has 0 radical (unpaired) electrons. The van der Waals surface area contributed by atoms with Gasteiger partial charge in [-0.15, -0.1) is 0 Å². The third-order valence-electron chi connectivity index (χ3n) is 4.27. The van der Waals surface area contributed by atoms with Gasteiger partial charge in [0.05, 0.1) is 0 Å². The van der Waals surface area contributed by atoms with Crippen molar-refractivity contribution in [2.24, 2.45) is 0 Å². The van der Waals surface area contributed by atoms with E-state index in [2.05, 4.69) is 0 Å². The number of carbonyl (C=O) groups excluding carboxylic acids is 2. The van der Waals surface area contributed by atoms with Crippen molar-refractivity contribution in [2.45, 2.75) is 12.3 Å². The van der Waals surface area contributed by atoms with E-state index in [-0.39, 0.29) is 17.5 Å². The van der Waals surface area contributed by atoms with E-state index in [1.54, 1.807) is 0 Å². The zero-order valence-corrected chi connectivity index (χ0v) is 11.9. The van der Waals surface area contributed by atoms with Crippen molar-refractivity contribution in [3.63, 3.8) is 0 Å². The van der Waals surface area contributed by atoms with Gasteiger partial charge >= 0.3 is 0 Å². The summed E-state index contributed by atoms with van der Waals surface area (Å²) in [6.45, 7) is 0. The Bertz CT molecular complexity index is 874. The van der Waals surface area contributed by atoms with Crippen molar-refractivity contribution in [2.75, 3.05) is 0 Å². The fourth-order valence-electron chi connectivity index (χ4n) is 3.34. The lowest BCUT2D eigenvalue weighted by molar-refractivity contribution is -0.114. The Morgan fingerprint density at radius 2 is 1.90 bits per heavy atom. The van der Waals surface area contributed by atoms with E-state index in [1.165, 1.54) is 18.2 Å². The summed E-state index contributed by atoms with van der Waals surface area (Å²) in [4.78, 5) is 23.8. The number of rotatable bonds is 1. The van der Waals surface area contributed by atoms with Crippen LogP contribution < -0.4 is 0 Å². The Morgan fingerprint density at radius 3 is 2.76 bits per heavy atom. The molecule has 3 heteroatoms. The maximum atomic E-state index is 12.1. The van der Waals surface area contributed by atoms with Crippen LogP contribution in [0.1, 0.15) is 17.0 Å². The molecule has 0 N–H and O–H groups in total. The molecule has 2 aromatic rings. The molecule has 0 aromatic heterocycles. The first-order valence-electron chi connectivity index (χ1n) is 6.83. The summed E-state index contributed by atoms with van der Waals surface area (Å²) in [6.07, 6.45) is 4.82. The molecule has 0 heterocycles. The normalized spacial score (nSPS) is 20.2. The smallest absolute Gasteiger partial charge is 0.182 e. The Kier molecular flexibility index (Phi) is 2.63. The van der Waals surface area contributed by atoms with Gasteiger partial charge in [0.1, 0.15) is 0 Å². The molecule has 4 rings (SSSR count). The van der Waals surface area contributed by atoms with Crippen LogP contribution in [-0.2, 0) is 16.0 Å². The Morgan fingerprint density at radius 1 is 1.05 bits per heavy atom. The maximum Gasteiger partial charge on any atom is 0.182 e. The minimum absolute atomic E-state index is 0.0787. The number of allylic oxidation sites excluding steroid dienone is 4. The van der Waals surface area contributed by atoms with Crippen molar-refractivity contribution in [3.8, 4) is 0 Å². The number of ketones is 2. The van der Waals surface area contributed by atoms with Gasteiger partial charge in [-0.2, -0.15) is 0 Å². The molecule has 0 saturated heterocycles. The predicted molar refractivity (Wildman–Crippen MR) is 82.6 cm³/mol. The van der Waals surface area contributed by atoms with Gasteiger partial charge in [-0.1, -0.05) is 35.9 Å². The van der Waals surface area contributed by atoms with E-state index in [9.17, 15) is 9.59 Å². The first-order valence-corrected chi connectivity index (χ1v) is 7.21. The average Bonchev–Trinajstić information content (AvgIpc) is 2.87. The third kappa shape index (κ3) is 1.79. The van der Waals surface area contributed by atoms with Crippen molar-refractivity contribution < 1.29 is 9.59 Å². The van der Waals surface area contributed by atoms with Crippen LogP contribution in [0.4, 0.5) is 0 Å². The largest absolute Gasteiger partial charge is 0.290 e. The fraction of sp³-hybridized carbons (Fsp3) is 0.111. The lowest BCUT2D eigenvalue weighted by Crippen LogP contribution is -2.14. The minimum atomic E-state index is -0.126. The summed E-state index contributed by atoms with van der Waals surface area (Å²) in [5.41, 5.74) is 2.74. The molecule has 0 saturated carbocycles. The van der Waals surface area contributed by atoms with E-state index in [0.717, 1.165) is 26.9 Å². The van der Waals surface area contributed by atoms with Crippen LogP contribution in [0.3, 0.4) is 0 Å². The van der Waals surface area contributed by atoms with Crippen LogP contribution >= 0.6 is 11.6 Å². The molecule has 1 unspecified atom stereocenters. The van der Waals surface area contributed by atoms with Gasteiger partial charge in [0, 0.05) is 16.5 Å². The average molecular weight is 295 g/mol. The number of carbonyl (C=O) groups is 2. The van der Waals surface area contributed by atoms with Gasteiger partial charge in [0.2, 0.25) is 0 Å². The van der Waals surface area contributed by atoms with Gasteiger partial charge < -0.3 is 0 Å². The second-order valence-electron chi connectivity index (χ2n) is 5.43. The van der Waals surface area contributed by atoms with Gasteiger partial charge in [0.25, 0.3) is 0 Å². The van der Waals surface area contributed by atoms with E-state index in [4.69, 9.17) is 11.6 Å². The maximum absolute atomic E-state index is 12.1. The summed E-state index contributed by atoms with van der Waals surface area (Å²) in [5.74, 6) is -0.288. The monoisotopic (exact) mass is 294 g/mol. The summed E-state index contributed by atoms with van der Waals surface area (Å²) in [6, 6.07) is 9.95. The first-order chi connectivity index (χ1) is 10.1. The molecule has 2 nitrogen and oxygen atoms in total. The molecule has 0 aliphatic heterocycles. The minimum Gasteiger partial charge on any atom is -0.290 e. The van der Waals surface area contributed by atoms with Gasteiger partial charge in [-0.25, -0.2) is 0 Å². The van der Waals surface area contributed by atoms with Crippen LogP contribution in [0.15, 0.2) is 54.1 Å². The van der Waals surface area contributed by atoms with Gasteiger partial charge in [0.15, 0.2) is 11.6 Å². The SMILES string of the molecule is O=C1C=CC(=O)C(C2Cc3c(Cl)ccc4cccc2c34)=C1. The summed E-state index contributed by atoms with van der Waals surface area (Å²) in [7, 11) is 0. The zero-order valence-electron chi connectivity index (χ0n) is 11.1. The molecule has 0 fully saturated rings. The standard InChI is InChI=1S/C18H11ClO2/c19-16-6-4-10-2-1-3-12-13(9-15(16)18(10)12)14-8-11(20)5-7-17(14)21/h1-8,13H,9H2. The molecule has 2 aromatic carbocycles. The zero-order chi connectivity index (χ0) is 14.6. The highest BCUT2D eigenvalue weighted by atomic mass is 35.5. The molecule has 21 heavy (non-hydrogen) atoms. The number of hydrogen-bond donors (Lipinski definition) is 0. The molecular formula is C18H11ClO2. The van der Waals surface area contributed by atoms with Crippen molar-refractivity contribution in [1.82, 2.24) is 0 Å². The van der Waals surface area contributed by atoms with Crippen molar-refractivity contribution >= 4 is 33.9 Å². The van der Waals surface area contributed by atoms with E-state index in [0.29, 0.717) is 12.0 Å². The number of halogens is 1. The third-order valence-corrected chi connectivity index (χ3v) is 4.62. The molecular weight excluding hydrogens is 284 g/mol. The topological polar surface area (TPSA) is 34.1 Å². The lowest BCUT2D eigenvalue weighted by Gasteiger charge is -2.15. The van der Waals surface area contributed by atoms with Crippen LogP contribution in [0.5, 0.6) is 0 Å². The number of benzene rings is 2. The molecule has 0 amide bonds. The predicted octanol–water partition coefficient (Wildman–Crippen LogP) is 3.77. The highest BCUT2D eigenvalue weighted by molar-refractivity contribution is 6.32. The van der Waals surface area contributed by atoms with Crippen molar-refractivity contribution in [1.29, 1.82) is 0 Å². The van der Waals surface area contributed by atoms with E-state index >= 15 is 0 Å². The molecule has 2 aliphatic rings. The first kappa shape index (κ1) is 12.5. The summed E-state index contributed by atoms with van der Waals surface area (Å²) < 4.78 is 0. The highest BCUT2D eigenvalue weighted by Crippen LogP contribution is 2.45. The fourth-order valence-corrected chi connectivity index (χ4v) is 3.57. The summed E-state index contributed by atoms with van der Waals surface area (Å²) in [5, 5.41) is 2.98. The second-order valence-corrected chi connectivity index (χ2v) is 5.83. The molecule has 0 spiro atoms. The molecule has 102 valence electrons. The molecule has 1 atom stereocenters.